The Morgan fingerprint density at radius 1 is 0.543 bits per heavy atom. The predicted octanol–water partition coefficient (Wildman–Crippen LogP) is 11.5. The van der Waals surface area contributed by atoms with E-state index in [4.69, 9.17) is 14.6 Å². The molecule has 46 heavy (non-hydrogen) atoms. The molecule has 0 aromatic rings. The molecule has 0 heterocycles. The van der Waals surface area contributed by atoms with E-state index >= 15 is 0 Å². The number of hydrogen-bond donors (Lipinski definition) is 1. The highest BCUT2D eigenvalue weighted by Crippen LogP contribution is 2.22. The van der Waals surface area contributed by atoms with Crippen LogP contribution in [0, 0.1) is 5.92 Å². The van der Waals surface area contributed by atoms with Gasteiger partial charge in [0.25, 0.3) is 0 Å². The summed E-state index contributed by atoms with van der Waals surface area (Å²) in [6.07, 6.45) is 33.7. The zero-order chi connectivity index (χ0) is 33.9. The Labute approximate surface area is 286 Å². The molecule has 0 saturated carbocycles. The summed E-state index contributed by atoms with van der Waals surface area (Å²) >= 11 is 0. The van der Waals surface area contributed by atoms with Crippen molar-refractivity contribution < 1.29 is 24.2 Å². The van der Waals surface area contributed by atoms with Crippen LogP contribution >= 0.6 is 0 Å². The molecular weight excluding hydrogens is 574 g/mol. The van der Waals surface area contributed by atoms with Crippen molar-refractivity contribution in [3.05, 3.63) is 0 Å². The average molecular weight is 654 g/mol. The molecule has 6 heteroatoms. The van der Waals surface area contributed by atoms with E-state index in [1.165, 1.54) is 128 Å². The lowest BCUT2D eigenvalue weighted by atomic mass is 9.92. The smallest absolute Gasteiger partial charge is 0.305 e. The number of unbranched alkanes of at least 4 members (excludes halogenated alkanes) is 17. The van der Waals surface area contributed by atoms with Crippen molar-refractivity contribution in [3.8, 4) is 0 Å². The van der Waals surface area contributed by atoms with Gasteiger partial charge in [0, 0.05) is 19.4 Å². The monoisotopic (exact) mass is 654 g/mol. The molecule has 274 valence electrons. The van der Waals surface area contributed by atoms with Crippen LogP contribution in [0.25, 0.3) is 0 Å². The topological polar surface area (TPSA) is 76.1 Å². The van der Waals surface area contributed by atoms with Crippen LogP contribution < -0.4 is 0 Å². The van der Waals surface area contributed by atoms with Crippen molar-refractivity contribution in [2.75, 3.05) is 33.9 Å². The Balaban J connectivity index is 3.99. The van der Waals surface area contributed by atoms with E-state index in [-0.39, 0.29) is 5.97 Å². The number of esters is 1. The minimum Gasteiger partial charge on any atom is -0.481 e. The molecular formula is C40H79NO5. The molecule has 0 aliphatic rings. The summed E-state index contributed by atoms with van der Waals surface area (Å²) in [7, 11) is 4.26. The Morgan fingerprint density at radius 3 is 1.52 bits per heavy atom. The second kappa shape index (κ2) is 35.2. The molecule has 0 aliphatic carbocycles. The molecule has 1 unspecified atom stereocenters. The SMILES string of the molecule is CCCCCC(CCCCC)CCOC(=O)CCCCCCCCCC(CCCCCCCCCC(=O)O)OCCCCN(C)C. The summed E-state index contributed by atoms with van der Waals surface area (Å²) in [5, 5.41) is 8.75. The molecule has 1 atom stereocenters. The minimum absolute atomic E-state index is 0.00404. The zero-order valence-corrected chi connectivity index (χ0v) is 31.3. The molecule has 0 rings (SSSR count). The van der Waals surface area contributed by atoms with Gasteiger partial charge in [-0.3, -0.25) is 9.59 Å². The molecule has 0 fully saturated rings. The van der Waals surface area contributed by atoms with Gasteiger partial charge in [0.1, 0.15) is 0 Å². The Morgan fingerprint density at radius 2 is 1.02 bits per heavy atom. The van der Waals surface area contributed by atoms with Crippen LogP contribution in [0.15, 0.2) is 0 Å². The van der Waals surface area contributed by atoms with Gasteiger partial charge in [-0.2, -0.15) is 0 Å². The highest BCUT2D eigenvalue weighted by atomic mass is 16.5. The molecule has 0 radical (unpaired) electrons. The molecule has 0 spiro atoms. The second-order valence-corrected chi connectivity index (χ2v) is 14.3. The number of ether oxygens (including phenoxy) is 2. The van der Waals surface area contributed by atoms with E-state index in [0.29, 0.717) is 25.6 Å². The third-order valence-electron chi connectivity index (χ3n) is 9.40. The Bertz CT molecular complexity index is 646. The fourth-order valence-electron chi connectivity index (χ4n) is 6.36. The van der Waals surface area contributed by atoms with Crippen LogP contribution in [0.3, 0.4) is 0 Å². The quantitative estimate of drug-likeness (QED) is 0.0531. The maximum absolute atomic E-state index is 12.3. The van der Waals surface area contributed by atoms with Gasteiger partial charge in [-0.1, -0.05) is 142 Å². The number of carboxylic acids is 1. The average Bonchev–Trinajstić information content (AvgIpc) is 3.02. The maximum Gasteiger partial charge on any atom is 0.305 e. The standard InChI is InChI=1S/C40H79NO5/c1-5-7-19-27-37(28-20-8-6-2)33-36-46-40(44)32-24-18-14-10-12-16-22-30-38(45-35-26-25-34-41(3)4)29-21-15-11-9-13-17-23-31-39(42)43/h37-38H,5-36H2,1-4H3,(H,42,43). The number of carboxylic acid groups (broad SMARTS) is 1. The minimum atomic E-state index is -0.675. The fourth-order valence-corrected chi connectivity index (χ4v) is 6.36. The molecule has 0 amide bonds. The van der Waals surface area contributed by atoms with Crippen LogP contribution in [-0.2, 0) is 19.1 Å². The summed E-state index contributed by atoms with van der Waals surface area (Å²) in [5.41, 5.74) is 0. The lowest BCUT2D eigenvalue weighted by Gasteiger charge is -2.18. The Hall–Kier alpha value is -1.14. The first-order valence-electron chi connectivity index (χ1n) is 20.0. The number of aliphatic carboxylic acids is 1. The molecule has 0 bridgehead atoms. The number of hydrogen-bond acceptors (Lipinski definition) is 5. The van der Waals surface area contributed by atoms with Crippen LogP contribution in [-0.4, -0.2) is 61.9 Å². The van der Waals surface area contributed by atoms with Gasteiger partial charge in [0.2, 0.25) is 0 Å². The van der Waals surface area contributed by atoms with E-state index in [2.05, 4.69) is 32.8 Å². The molecule has 6 nitrogen and oxygen atoms in total. The van der Waals surface area contributed by atoms with Gasteiger partial charge in [-0.15, -0.1) is 0 Å². The maximum atomic E-state index is 12.3. The summed E-state index contributed by atoms with van der Waals surface area (Å²) in [5.74, 6) is 0.0516. The van der Waals surface area contributed by atoms with Crippen molar-refractivity contribution in [1.82, 2.24) is 4.90 Å². The molecule has 0 aliphatic heterocycles. The number of carbonyl (C=O) groups excluding carboxylic acids is 1. The predicted molar refractivity (Wildman–Crippen MR) is 196 cm³/mol. The van der Waals surface area contributed by atoms with Gasteiger partial charge in [0.15, 0.2) is 0 Å². The molecule has 0 aromatic heterocycles. The zero-order valence-electron chi connectivity index (χ0n) is 31.3. The third-order valence-corrected chi connectivity index (χ3v) is 9.40. The first-order chi connectivity index (χ1) is 22.4. The second-order valence-electron chi connectivity index (χ2n) is 14.3. The van der Waals surface area contributed by atoms with Gasteiger partial charge in [-0.25, -0.2) is 0 Å². The van der Waals surface area contributed by atoms with Crippen molar-refractivity contribution in [2.24, 2.45) is 5.92 Å². The fraction of sp³-hybridized carbons (Fsp3) is 0.950. The third kappa shape index (κ3) is 34.2. The molecule has 1 N–H and O–H groups in total. The van der Waals surface area contributed by atoms with Crippen LogP contribution in [0.2, 0.25) is 0 Å². The largest absolute Gasteiger partial charge is 0.481 e. The van der Waals surface area contributed by atoms with E-state index < -0.39 is 5.97 Å². The highest BCUT2D eigenvalue weighted by molar-refractivity contribution is 5.69. The van der Waals surface area contributed by atoms with Gasteiger partial charge in [-0.05, 0) is 71.5 Å². The Kier molecular flexibility index (Phi) is 34.3. The van der Waals surface area contributed by atoms with Crippen LogP contribution in [0.1, 0.15) is 200 Å². The summed E-state index contributed by atoms with van der Waals surface area (Å²) in [6.45, 7) is 7.14. The van der Waals surface area contributed by atoms with Gasteiger partial charge < -0.3 is 19.5 Å². The summed E-state index contributed by atoms with van der Waals surface area (Å²) in [4.78, 5) is 25.1. The summed E-state index contributed by atoms with van der Waals surface area (Å²) in [6, 6.07) is 0. The highest BCUT2D eigenvalue weighted by Gasteiger charge is 2.11. The lowest BCUT2D eigenvalue weighted by molar-refractivity contribution is -0.144. The van der Waals surface area contributed by atoms with E-state index in [1.807, 2.05) is 0 Å². The summed E-state index contributed by atoms with van der Waals surface area (Å²) < 4.78 is 12.0. The first kappa shape index (κ1) is 44.9. The first-order valence-corrected chi connectivity index (χ1v) is 20.0. The van der Waals surface area contributed by atoms with E-state index in [0.717, 1.165) is 64.0 Å². The number of nitrogens with zero attached hydrogens (tertiary/aromatic N) is 1. The number of rotatable bonds is 37. The van der Waals surface area contributed by atoms with Crippen LogP contribution in [0.4, 0.5) is 0 Å². The normalized spacial score (nSPS) is 12.3. The van der Waals surface area contributed by atoms with Crippen LogP contribution in [0.5, 0.6) is 0 Å². The van der Waals surface area contributed by atoms with Gasteiger partial charge >= 0.3 is 11.9 Å². The van der Waals surface area contributed by atoms with E-state index in [9.17, 15) is 9.59 Å². The lowest BCUT2D eigenvalue weighted by Crippen LogP contribution is -2.16. The van der Waals surface area contributed by atoms with Gasteiger partial charge in [0.05, 0.1) is 12.7 Å². The molecule has 0 saturated heterocycles. The van der Waals surface area contributed by atoms with Crippen molar-refractivity contribution in [2.45, 2.75) is 206 Å². The van der Waals surface area contributed by atoms with Crippen molar-refractivity contribution in [3.63, 3.8) is 0 Å². The number of carbonyl (C=O) groups is 2. The molecule has 0 aromatic carbocycles. The van der Waals surface area contributed by atoms with E-state index in [1.54, 1.807) is 0 Å². The van der Waals surface area contributed by atoms with Crippen molar-refractivity contribution in [1.29, 1.82) is 0 Å². The van der Waals surface area contributed by atoms with Crippen molar-refractivity contribution >= 4 is 11.9 Å².